The van der Waals surface area contributed by atoms with Gasteiger partial charge in [-0.2, -0.15) is 0 Å². The van der Waals surface area contributed by atoms with Gasteiger partial charge in [0.05, 0.1) is 13.0 Å². The van der Waals surface area contributed by atoms with Crippen LogP contribution < -0.4 is 21.4 Å². The number of benzene rings is 1. The molecule has 274 valence electrons. The van der Waals surface area contributed by atoms with Gasteiger partial charge in [0.15, 0.2) is 12.2 Å². The summed E-state index contributed by atoms with van der Waals surface area (Å²) < 4.78 is 14.8. The van der Waals surface area contributed by atoms with E-state index >= 15 is 0 Å². The average molecular weight is 710 g/mol. The van der Waals surface area contributed by atoms with Gasteiger partial charge in [0.25, 0.3) is 11.8 Å². The fraction of sp³-hybridized carbons (Fsp3) is 0.500. The van der Waals surface area contributed by atoms with E-state index in [2.05, 4.69) is 21.4 Å². The minimum Gasteiger partial charge on any atom is -0.481 e. The zero-order valence-corrected chi connectivity index (χ0v) is 27.3. The molecule has 20 nitrogen and oxygen atoms in total. The number of carbonyl (C=O) groups excluding carboxylic acids is 6. The molecule has 1 aliphatic rings. The van der Waals surface area contributed by atoms with Crippen LogP contribution in [0.25, 0.3) is 0 Å². The Hall–Kier alpha value is -5.79. The number of ether oxygens (including phenoxy) is 3. The van der Waals surface area contributed by atoms with Gasteiger partial charge in [-0.1, -0.05) is 44.2 Å². The molecule has 7 N–H and O–H groups in total. The largest absolute Gasteiger partial charge is 0.481 e. The number of hydrazine groups is 1. The number of esters is 1. The van der Waals surface area contributed by atoms with Crippen LogP contribution in [0.1, 0.15) is 45.6 Å². The Morgan fingerprint density at radius 2 is 1.44 bits per heavy atom. The molecule has 5 amide bonds. The van der Waals surface area contributed by atoms with E-state index < -0.39 is 116 Å². The molecule has 2 rings (SSSR count). The lowest BCUT2D eigenvalue weighted by Gasteiger charge is -2.28. The normalized spacial score (nSPS) is 16.4. The number of carboxylic acids is 3. The second kappa shape index (κ2) is 19.3. The van der Waals surface area contributed by atoms with E-state index in [9.17, 15) is 58.5 Å². The second-order valence-corrected chi connectivity index (χ2v) is 11.1. The SMILES string of the molecule is CCOC(=O)[C@H]1O[C@@H]1C(=O)N(CC(=O)O)NC(=O)[C@@H](NC(=O)[C@H](CCC(=O)O)NC(=O)[C@H](CC(=O)O)NC(=O)OCc1ccccc1)C(C)C. The van der Waals surface area contributed by atoms with E-state index in [4.69, 9.17) is 14.2 Å². The predicted octanol–water partition coefficient (Wildman–Crippen LogP) is -1.48. The second-order valence-electron chi connectivity index (χ2n) is 11.1. The molecular weight excluding hydrogens is 670 g/mol. The Labute approximate surface area is 284 Å². The van der Waals surface area contributed by atoms with E-state index in [0.29, 0.717) is 10.6 Å². The number of epoxide rings is 1. The summed E-state index contributed by atoms with van der Waals surface area (Å²) in [6, 6.07) is 3.41. The van der Waals surface area contributed by atoms with Crippen LogP contribution in [-0.4, -0.2) is 117 Å². The first-order chi connectivity index (χ1) is 23.5. The van der Waals surface area contributed by atoms with Crippen molar-refractivity contribution in [2.24, 2.45) is 5.92 Å². The lowest BCUT2D eigenvalue weighted by Crippen LogP contribution is -2.60. The quantitative estimate of drug-likeness (QED) is 0.0490. The summed E-state index contributed by atoms with van der Waals surface area (Å²) in [5.41, 5.74) is 2.66. The van der Waals surface area contributed by atoms with Gasteiger partial charge >= 0.3 is 30.0 Å². The molecule has 50 heavy (non-hydrogen) atoms. The standard InChI is InChI=1S/C30H39N5O15/c1-4-48-29(46)24-23(50-24)28(45)35(13-21(40)41)34-27(44)22(15(2)3)33-25(42)17(10-11-19(36)37)31-26(43)18(12-20(38)39)32-30(47)49-14-16-8-6-5-7-9-16/h5-9,15,17-18,22-24H,4,10-14H2,1-3H3,(H,31,43)(H,32,47)(H,33,42)(H,34,44)(H,36,37)(H,38,39)(H,40,41)/t17-,18-,22-,23-,24-/m0/s1. The smallest absolute Gasteiger partial charge is 0.408 e. The molecule has 1 aliphatic heterocycles. The molecule has 0 aliphatic carbocycles. The number of carbonyl (C=O) groups is 9. The van der Waals surface area contributed by atoms with Crippen LogP contribution in [0.4, 0.5) is 4.79 Å². The lowest BCUT2D eigenvalue weighted by atomic mass is 10.0. The number of hydrogen-bond donors (Lipinski definition) is 7. The highest BCUT2D eigenvalue weighted by atomic mass is 16.6. The molecule has 0 spiro atoms. The van der Waals surface area contributed by atoms with Crippen LogP contribution >= 0.6 is 0 Å². The summed E-state index contributed by atoms with van der Waals surface area (Å²) in [6.45, 7) is 3.15. The summed E-state index contributed by atoms with van der Waals surface area (Å²) in [6.07, 6.45) is -6.10. The van der Waals surface area contributed by atoms with E-state index in [-0.39, 0.29) is 13.2 Å². The van der Waals surface area contributed by atoms with Crippen molar-refractivity contribution in [2.75, 3.05) is 13.2 Å². The molecule has 5 atom stereocenters. The summed E-state index contributed by atoms with van der Waals surface area (Å²) >= 11 is 0. The summed E-state index contributed by atoms with van der Waals surface area (Å²) in [5, 5.41) is 34.8. The zero-order chi connectivity index (χ0) is 37.5. The predicted molar refractivity (Wildman–Crippen MR) is 164 cm³/mol. The Balaban J connectivity index is 2.18. The molecule has 1 fully saturated rings. The maximum atomic E-state index is 13.4. The number of rotatable bonds is 19. The molecule has 0 bridgehead atoms. The molecule has 1 aromatic rings. The number of nitrogens with zero attached hydrogens (tertiary/aromatic N) is 1. The van der Waals surface area contributed by atoms with Gasteiger partial charge < -0.3 is 45.5 Å². The number of aliphatic carboxylic acids is 3. The van der Waals surface area contributed by atoms with Crippen molar-refractivity contribution in [3.8, 4) is 0 Å². The van der Waals surface area contributed by atoms with Gasteiger partial charge in [-0.25, -0.2) is 14.6 Å². The highest BCUT2D eigenvalue weighted by Crippen LogP contribution is 2.25. The third-order valence-electron chi connectivity index (χ3n) is 6.79. The van der Waals surface area contributed by atoms with Crippen molar-refractivity contribution in [2.45, 2.75) is 77.0 Å². The Morgan fingerprint density at radius 1 is 0.800 bits per heavy atom. The molecule has 0 aromatic heterocycles. The van der Waals surface area contributed by atoms with Crippen molar-refractivity contribution in [1.82, 2.24) is 26.4 Å². The first-order valence-electron chi connectivity index (χ1n) is 15.2. The fourth-order valence-corrected chi connectivity index (χ4v) is 4.26. The number of nitrogens with one attached hydrogen (secondary N) is 4. The Bertz CT molecular complexity index is 1440. The number of hydrogen-bond acceptors (Lipinski definition) is 12. The number of amides is 5. The number of carboxylic acid groups (broad SMARTS) is 3. The average Bonchev–Trinajstić information content (AvgIpc) is 3.84. The fourth-order valence-electron chi connectivity index (χ4n) is 4.26. The van der Waals surface area contributed by atoms with E-state index in [0.717, 1.165) is 0 Å². The van der Waals surface area contributed by atoms with Crippen molar-refractivity contribution < 1.29 is 72.7 Å². The molecular formula is C30H39N5O15. The molecule has 1 heterocycles. The summed E-state index contributed by atoms with van der Waals surface area (Å²) in [7, 11) is 0. The first kappa shape index (κ1) is 40.4. The van der Waals surface area contributed by atoms with Crippen LogP contribution in [0.15, 0.2) is 30.3 Å². The van der Waals surface area contributed by atoms with Gasteiger partial charge in [-0.15, -0.1) is 0 Å². The van der Waals surface area contributed by atoms with E-state index in [1.165, 1.54) is 20.8 Å². The van der Waals surface area contributed by atoms with Crippen LogP contribution in [-0.2, 0) is 59.2 Å². The van der Waals surface area contributed by atoms with Crippen LogP contribution in [0.3, 0.4) is 0 Å². The monoisotopic (exact) mass is 709 g/mol. The highest BCUT2D eigenvalue weighted by Gasteiger charge is 2.53. The van der Waals surface area contributed by atoms with Gasteiger partial charge in [0, 0.05) is 6.42 Å². The van der Waals surface area contributed by atoms with Crippen molar-refractivity contribution >= 4 is 53.6 Å². The maximum absolute atomic E-state index is 13.4. The molecule has 0 radical (unpaired) electrons. The van der Waals surface area contributed by atoms with Gasteiger partial charge in [-0.05, 0) is 24.8 Å². The van der Waals surface area contributed by atoms with Crippen LogP contribution in [0.2, 0.25) is 0 Å². The Kier molecular flexibility index (Phi) is 15.6. The van der Waals surface area contributed by atoms with Crippen molar-refractivity contribution in [1.29, 1.82) is 0 Å². The van der Waals surface area contributed by atoms with Crippen LogP contribution in [0.5, 0.6) is 0 Å². The maximum Gasteiger partial charge on any atom is 0.408 e. The van der Waals surface area contributed by atoms with Gasteiger partial charge in [-0.3, -0.25) is 39.0 Å². The topological polar surface area (TPSA) is 297 Å². The minimum absolute atomic E-state index is 0.0170. The van der Waals surface area contributed by atoms with E-state index in [1.54, 1.807) is 30.3 Å². The minimum atomic E-state index is -1.78. The Morgan fingerprint density at radius 3 is 2.00 bits per heavy atom. The molecule has 1 aromatic carbocycles. The lowest BCUT2D eigenvalue weighted by molar-refractivity contribution is -0.151. The highest BCUT2D eigenvalue weighted by molar-refractivity contribution is 5.97. The third kappa shape index (κ3) is 13.4. The van der Waals surface area contributed by atoms with E-state index in [1.807, 2.05) is 0 Å². The zero-order valence-electron chi connectivity index (χ0n) is 27.3. The van der Waals surface area contributed by atoms with Crippen molar-refractivity contribution in [3.05, 3.63) is 35.9 Å². The third-order valence-corrected chi connectivity index (χ3v) is 6.79. The summed E-state index contributed by atoms with van der Waals surface area (Å²) in [4.78, 5) is 111. The van der Waals surface area contributed by atoms with Gasteiger partial charge in [0.2, 0.25) is 11.8 Å². The molecule has 0 saturated carbocycles. The van der Waals surface area contributed by atoms with Gasteiger partial charge in [0.1, 0.15) is 31.3 Å². The molecule has 1 saturated heterocycles. The summed E-state index contributed by atoms with van der Waals surface area (Å²) in [5.74, 6) is -10.6. The molecule has 0 unspecified atom stereocenters. The first-order valence-corrected chi connectivity index (χ1v) is 15.2. The number of alkyl carbamates (subject to hydrolysis) is 1. The van der Waals surface area contributed by atoms with Crippen molar-refractivity contribution in [3.63, 3.8) is 0 Å². The molecule has 20 heteroatoms. The van der Waals surface area contributed by atoms with Crippen LogP contribution in [0, 0.1) is 5.92 Å².